The van der Waals surface area contributed by atoms with Crippen molar-refractivity contribution in [2.75, 3.05) is 0 Å². The highest BCUT2D eigenvalue weighted by molar-refractivity contribution is 6.30. The van der Waals surface area contributed by atoms with Crippen LogP contribution >= 0.6 is 11.6 Å². The molecule has 0 spiro atoms. The molecule has 2 aromatic rings. The second-order valence-corrected chi connectivity index (χ2v) is 4.24. The Morgan fingerprint density at radius 3 is 2.62 bits per heavy atom. The van der Waals surface area contributed by atoms with Gasteiger partial charge in [-0.1, -0.05) is 28.9 Å². The van der Waals surface area contributed by atoms with Crippen LogP contribution in [0.15, 0.2) is 36.7 Å². The Morgan fingerprint density at radius 1 is 1.38 bits per heavy atom. The molecule has 1 atom stereocenters. The maximum Gasteiger partial charge on any atom is 0.152 e. The van der Waals surface area contributed by atoms with Gasteiger partial charge >= 0.3 is 0 Å². The summed E-state index contributed by atoms with van der Waals surface area (Å²) in [5.74, 6) is 0. The van der Waals surface area contributed by atoms with Gasteiger partial charge in [-0.25, -0.2) is 9.07 Å². The summed E-state index contributed by atoms with van der Waals surface area (Å²) in [6.45, 7) is 1.65. The van der Waals surface area contributed by atoms with Crippen molar-refractivity contribution >= 4 is 11.6 Å². The van der Waals surface area contributed by atoms with Crippen LogP contribution in [-0.4, -0.2) is 15.0 Å². The summed E-state index contributed by atoms with van der Waals surface area (Å²) in [5, 5.41) is 7.98. The number of hydrogen-bond donors (Lipinski definition) is 0. The van der Waals surface area contributed by atoms with E-state index in [2.05, 4.69) is 10.3 Å². The monoisotopic (exact) mass is 239 g/mol. The second kappa shape index (κ2) is 4.22. The lowest BCUT2D eigenvalue weighted by Crippen LogP contribution is -2.23. The fourth-order valence-corrected chi connectivity index (χ4v) is 1.64. The minimum absolute atomic E-state index is 0.134. The maximum atomic E-state index is 14.4. The number of nitrogens with zero attached hydrogens (tertiary/aromatic N) is 3. The Hall–Kier alpha value is -1.42. The Bertz CT molecular complexity index is 451. The average Bonchev–Trinajstić information content (AvgIpc) is 2.70. The van der Waals surface area contributed by atoms with E-state index in [9.17, 15) is 4.39 Å². The number of aromatic nitrogens is 3. The summed E-state index contributed by atoms with van der Waals surface area (Å²) in [5.41, 5.74) is -0.912. The third-order valence-corrected chi connectivity index (χ3v) is 2.63. The lowest BCUT2D eigenvalue weighted by Gasteiger charge is -2.20. The summed E-state index contributed by atoms with van der Waals surface area (Å²) >= 11 is 5.75. The standard InChI is InChI=1S/C11H11ClFN3/c1-11(13,8-16-7-6-14-15-16)9-2-4-10(12)5-3-9/h2-7H,8H2,1H3. The van der Waals surface area contributed by atoms with Crippen molar-refractivity contribution in [2.24, 2.45) is 0 Å². The lowest BCUT2D eigenvalue weighted by atomic mass is 9.98. The van der Waals surface area contributed by atoms with Crippen LogP contribution in [0.4, 0.5) is 4.39 Å². The minimum Gasteiger partial charge on any atom is -0.249 e. The predicted octanol–water partition coefficient (Wildman–Crippen LogP) is 2.82. The zero-order valence-electron chi connectivity index (χ0n) is 8.77. The van der Waals surface area contributed by atoms with E-state index >= 15 is 0 Å². The van der Waals surface area contributed by atoms with Gasteiger partial charge in [-0.2, -0.15) is 0 Å². The molecule has 0 aliphatic heterocycles. The van der Waals surface area contributed by atoms with Crippen molar-refractivity contribution in [3.05, 3.63) is 47.2 Å². The van der Waals surface area contributed by atoms with E-state index in [1.165, 1.54) is 17.8 Å². The Balaban J connectivity index is 2.21. The third-order valence-electron chi connectivity index (χ3n) is 2.38. The zero-order valence-corrected chi connectivity index (χ0v) is 9.52. The predicted molar refractivity (Wildman–Crippen MR) is 59.9 cm³/mol. The number of halogens is 2. The normalized spacial score (nSPS) is 14.7. The van der Waals surface area contributed by atoms with E-state index in [0.29, 0.717) is 10.6 Å². The molecule has 0 aliphatic carbocycles. The Labute approximate surface area is 97.8 Å². The third kappa shape index (κ3) is 2.39. The molecule has 0 radical (unpaired) electrons. The van der Waals surface area contributed by atoms with Crippen molar-refractivity contribution < 1.29 is 4.39 Å². The first-order chi connectivity index (χ1) is 7.58. The van der Waals surface area contributed by atoms with Gasteiger partial charge in [0, 0.05) is 11.2 Å². The summed E-state index contributed by atoms with van der Waals surface area (Å²) < 4.78 is 15.9. The van der Waals surface area contributed by atoms with Gasteiger partial charge in [0.1, 0.15) is 0 Å². The van der Waals surface area contributed by atoms with Crippen LogP contribution in [-0.2, 0) is 12.2 Å². The molecule has 3 nitrogen and oxygen atoms in total. The van der Waals surface area contributed by atoms with E-state index in [1.807, 2.05) is 0 Å². The summed E-state index contributed by atoms with van der Waals surface area (Å²) in [6.07, 6.45) is 3.16. The van der Waals surface area contributed by atoms with Crippen molar-refractivity contribution in [3.8, 4) is 0 Å². The van der Waals surface area contributed by atoms with Gasteiger partial charge in [-0.05, 0) is 24.6 Å². The van der Waals surface area contributed by atoms with Crippen molar-refractivity contribution in [1.29, 1.82) is 0 Å². The summed E-state index contributed by atoms with van der Waals surface area (Å²) in [4.78, 5) is 0. The topological polar surface area (TPSA) is 30.7 Å². The maximum absolute atomic E-state index is 14.4. The van der Waals surface area contributed by atoms with Crippen LogP contribution in [0.2, 0.25) is 5.02 Å². The van der Waals surface area contributed by atoms with E-state index in [1.54, 1.807) is 30.5 Å². The van der Waals surface area contributed by atoms with Crippen LogP contribution in [0.5, 0.6) is 0 Å². The quantitative estimate of drug-likeness (QED) is 0.825. The fourth-order valence-electron chi connectivity index (χ4n) is 1.51. The van der Waals surface area contributed by atoms with Gasteiger partial charge in [0.05, 0.1) is 12.7 Å². The molecule has 1 aromatic carbocycles. The minimum atomic E-state index is -1.49. The molecule has 2 rings (SSSR count). The van der Waals surface area contributed by atoms with Gasteiger partial charge in [0.25, 0.3) is 0 Å². The molecule has 0 amide bonds. The van der Waals surface area contributed by atoms with E-state index in [-0.39, 0.29) is 6.54 Å². The highest BCUT2D eigenvalue weighted by Gasteiger charge is 2.26. The highest BCUT2D eigenvalue weighted by atomic mass is 35.5. The highest BCUT2D eigenvalue weighted by Crippen LogP contribution is 2.28. The molecule has 5 heteroatoms. The lowest BCUT2D eigenvalue weighted by molar-refractivity contribution is 0.154. The first-order valence-electron chi connectivity index (χ1n) is 4.87. The molecule has 16 heavy (non-hydrogen) atoms. The Morgan fingerprint density at radius 2 is 2.06 bits per heavy atom. The molecule has 0 saturated heterocycles. The molecule has 0 fully saturated rings. The number of benzene rings is 1. The molecular formula is C11H11ClFN3. The van der Waals surface area contributed by atoms with E-state index in [0.717, 1.165) is 0 Å². The molecule has 0 aliphatic rings. The molecule has 0 N–H and O–H groups in total. The molecular weight excluding hydrogens is 229 g/mol. The van der Waals surface area contributed by atoms with Crippen LogP contribution in [0, 0.1) is 0 Å². The van der Waals surface area contributed by atoms with Gasteiger partial charge in [-0.15, -0.1) is 5.10 Å². The van der Waals surface area contributed by atoms with Crippen molar-refractivity contribution in [2.45, 2.75) is 19.1 Å². The first-order valence-corrected chi connectivity index (χ1v) is 5.25. The molecule has 84 valence electrons. The molecule has 0 bridgehead atoms. The van der Waals surface area contributed by atoms with Gasteiger partial charge in [0.2, 0.25) is 0 Å². The van der Waals surface area contributed by atoms with E-state index < -0.39 is 5.67 Å². The van der Waals surface area contributed by atoms with E-state index in [4.69, 9.17) is 11.6 Å². The van der Waals surface area contributed by atoms with Gasteiger partial charge in [0.15, 0.2) is 5.67 Å². The van der Waals surface area contributed by atoms with Gasteiger partial charge < -0.3 is 0 Å². The first kappa shape index (κ1) is 11.1. The van der Waals surface area contributed by atoms with Gasteiger partial charge in [-0.3, -0.25) is 0 Å². The zero-order chi connectivity index (χ0) is 11.6. The Kier molecular flexibility index (Phi) is 2.92. The number of alkyl halides is 1. The largest absolute Gasteiger partial charge is 0.249 e. The fraction of sp³-hybridized carbons (Fsp3) is 0.273. The summed E-state index contributed by atoms with van der Waals surface area (Å²) in [7, 11) is 0. The van der Waals surface area contributed by atoms with Crippen LogP contribution in [0.1, 0.15) is 12.5 Å². The smallest absolute Gasteiger partial charge is 0.152 e. The van der Waals surface area contributed by atoms with Crippen molar-refractivity contribution in [3.63, 3.8) is 0 Å². The molecule has 1 aromatic heterocycles. The van der Waals surface area contributed by atoms with Crippen LogP contribution in [0.3, 0.4) is 0 Å². The number of rotatable bonds is 3. The molecule has 0 saturated carbocycles. The van der Waals surface area contributed by atoms with Crippen LogP contribution in [0.25, 0.3) is 0 Å². The molecule has 1 heterocycles. The number of hydrogen-bond acceptors (Lipinski definition) is 2. The SMILES string of the molecule is CC(F)(Cn1ccnn1)c1ccc(Cl)cc1. The van der Waals surface area contributed by atoms with Crippen molar-refractivity contribution in [1.82, 2.24) is 15.0 Å². The second-order valence-electron chi connectivity index (χ2n) is 3.80. The average molecular weight is 240 g/mol. The van der Waals surface area contributed by atoms with Crippen LogP contribution < -0.4 is 0 Å². The summed E-state index contributed by atoms with van der Waals surface area (Å²) in [6, 6.07) is 6.71. The molecule has 1 unspecified atom stereocenters.